The van der Waals surface area contributed by atoms with Crippen LogP contribution in [0.3, 0.4) is 0 Å². The summed E-state index contributed by atoms with van der Waals surface area (Å²) in [7, 11) is 1.77. The lowest BCUT2D eigenvalue weighted by Crippen LogP contribution is -2.47. The molecule has 0 bridgehead atoms. The molecule has 3 rings (SSSR count). The van der Waals surface area contributed by atoms with Gasteiger partial charge < -0.3 is 15.5 Å². The van der Waals surface area contributed by atoms with Crippen LogP contribution in [0.5, 0.6) is 0 Å². The van der Waals surface area contributed by atoms with E-state index in [2.05, 4.69) is 35.4 Å². The third kappa shape index (κ3) is 8.02. The van der Waals surface area contributed by atoms with Gasteiger partial charge in [-0.15, -0.1) is 24.0 Å². The molecule has 2 aromatic rings. The number of anilines is 1. The molecular weight excluding hydrogens is 496 g/mol. The summed E-state index contributed by atoms with van der Waals surface area (Å²) in [6.07, 6.45) is 5.39. The van der Waals surface area contributed by atoms with Gasteiger partial charge in [-0.05, 0) is 43.1 Å². The van der Waals surface area contributed by atoms with E-state index in [1.807, 2.05) is 12.1 Å². The van der Waals surface area contributed by atoms with Gasteiger partial charge in [-0.3, -0.25) is 9.89 Å². The number of rotatable bonds is 8. The van der Waals surface area contributed by atoms with Crippen molar-refractivity contribution in [3.8, 4) is 0 Å². The van der Waals surface area contributed by atoms with E-state index in [0.29, 0.717) is 6.54 Å². The Morgan fingerprint density at radius 3 is 2.50 bits per heavy atom. The molecule has 0 radical (unpaired) electrons. The number of benzene rings is 1. The van der Waals surface area contributed by atoms with Gasteiger partial charge in [0.2, 0.25) is 5.95 Å². The maximum atomic E-state index is 13.2. The first-order valence-electron chi connectivity index (χ1n) is 10.2. The first-order valence-corrected chi connectivity index (χ1v) is 10.2. The summed E-state index contributed by atoms with van der Waals surface area (Å²) >= 11 is 0. The van der Waals surface area contributed by atoms with Crippen molar-refractivity contribution in [2.45, 2.75) is 12.8 Å². The molecule has 1 saturated heterocycles. The molecule has 1 aliphatic rings. The fraction of sp³-hybridized carbons (Fsp3) is 0.476. The number of aromatic nitrogens is 2. The van der Waals surface area contributed by atoms with E-state index < -0.39 is 0 Å². The van der Waals surface area contributed by atoms with Crippen LogP contribution in [0.25, 0.3) is 0 Å². The minimum Gasteiger partial charge on any atom is -0.356 e. The minimum atomic E-state index is -0.192. The molecule has 2 N–H and O–H groups in total. The number of nitrogens with one attached hydrogen (secondary N) is 2. The summed E-state index contributed by atoms with van der Waals surface area (Å²) in [6, 6.07) is 8.56. The first-order chi connectivity index (χ1) is 14.2. The Morgan fingerprint density at radius 1 is 1.07 bits per heavy atom. The van der Waals surface area contributed by atoms with Gasteiger partial charge in [-0.1, -0.05) is 12.1 Å². The molecule has 1 fully saturated rings. The second-order valence-electron chi connectivity index (χ2n) is 7.04. The van der Waals surface area contributed by atoms with Gasteiger partial charge in [-0.2, -0.15) is 0 Å². The maximum absolute atomic E-state index is 13.2. The van der Waals surface area contributed by atoms with Crippen molar-refractivity contribution in [2.75, 3.05) is 57.8 Å². The molecule has 0 spiro atoms. The van der Waals surface area contributed by atoms with Gasteiger partial charge >= 0.3 is 0 Å². The molecule has 7 nitrogen and oxygen atoms in total. The van der Waals surface area contributed by atoms with Crippen molar-refractivity contribution >= 4 is 35.9 Å². The minimum absolute atomic E-state index is 0. The van der Waals surface area contributed by atoms with Crippen LogP contribution in [0, 0.1) is 5.82 Å². The van der Waals surface area contributed by atoms with Crippen LogP contribution < -0.4 is 15.5 Å². The van der Waals surface area contributed by atoms with Crippen molar-refractivity contribution in [2.24, 2.45) is 4.99 Å². The van der Waals surface area contributed by atoms with Crippen LogP contribution >= 0.6 is 24.0 Å². The normalized spacial score (nSPS) is 14.9. The number of nitrogens with zero attached hydrogens (tertiary/aromatic N) is 5. The Balaban J connectivity index is 0.00000320. The average Bonchev–Trinajstić information content (AvgIpc) is 2.76. The molecule has 2 heterocycles. The zero-order chi connectivity index (χ0) is 20.3. The Bertz CT molecular complexity index is 767. The van der Waals surface area contributed by atoms with Crippen molar-refractivity contribution in [3.05, 3.63) is 54.1 Å². The molecule has 1 aromatic carbocycles. The Morgan fingerprint density at radius 2 is 1.80 bits per heavy atom. The molecular formula is C21H31FIN7. The molecule has 9 heteroatoms. The average molecular weight is 527 g/mol. The molecule has 0 saturated carbocycles. The summed E-state index contributed by atoms with van der Waals surface area (Å²) in [5, 5.41) is 6.63. The number of hydrogen-bond donors (Lipinski definition) is 2. The summed E-state index contributed by atoms with van der Waals surface area (Å²) < 4.78 is 13.2. The van der Waals surface area contributed by atoms with Crippen LogP contribution in [0.15, 0.2) is 47.7 Å². The van der Waals surface area contributed by atoms with E-state index in [4.69, 9.17) is 0 Å². The molecule has 0 unspecified atom stereocenters. The fourth-order valence-corrected chi connectivity index (χ4v) is 3.37. The zero-order valence-electron chi connectivity index (χ0n) is 17.4. The van der Waals surface area contributed by atoms with E-state index >= 15 is 0 Å². The lowest BCUT2D eigenvalue weighted by molar-refractivity contribution is 0.254. The van der Waals surface area contributed by atoms with E-state index in [1.165, 1.54) is 6.07 Å². The number of aliphatic imine (C=N–C) groups is 1. The highest BCUT2D eigenvalue weighted by Gasteiger charge is 2.18. The van der Waals surface area contributed by atoms with Crippen molar-refractivity contribution < 1.29 is 4.39 Å². The molecule has 1 aromatic heterocycles. The van der Waals surface area contributed by atoms with Crippen LogP contribution in [-0.2, 0) is 6.42 Å². The fourth-order valence-electron chi connectivity index (χ4n) is 3.37. The molecule has 1 aliphatic heterocycles. The van der Waals surface area contributed by atoms with Gasteiger partial charge in [0.15, 0.2) is 5.96 Å². The second-order valence-corrected chi connectivity index (χ2v) is 7.04. The summed E-state index contributed by atoms with van der Waals surface area (Å²) in [6.45, 7) is 6.60. The zero-order valence-corrected chi connectivity index (χ0v) is 19.8. The lowest BCUT2D eigenvalue weighted by Gasteiger charge is -2.34. The summed E-state index contributed by atoms with van der Waals surface area (Å²) in [4.78, 5) is 17.6. The molecule has 0 amide bonds. The van der Waals surface area contributed by atoms with Gasteiger partial charge in [0, 0.05) is 58.7 Å². The largest absolute Gasteiger partial charge is 0.356 e. The first kappa shape index (κ1) is 24.3. The van der Waals surface area contributed by atoms with Crippen molar-refractivity contribution in [3.63, 3.8) is 0 Å². The van der Waals surface area contributed by atoms with Gasteiger partial charge in [0.25, 0.3) is 0 Å². The van der Waals surface area contributed by atoms with E-state index in [9.17, 15) is 4.39 Å². The molecule has 0 atom stereocenters. The number of hydrogen-bond acceptors (Lipinski definition) is 5. The van der Waals surface area contributed by atoms with Crippen LogP contribution in [-0.4, -0.2) is 73.7 Å². The topological polar surface area (TPSA) is 68.7 Å². The van der Waals surface area contributed by atoms with E-state index in [1.54, 1.807) is 31.6 Å². The predicted octanol–water partition coefficient (Wildman–Crippen LogP) is 2.15. The SMILES string of the molecule is CN=C(NCCCN1CCN(c2ncccn2)CC1)NCCc1cccc(F)c1.I. The lowest BCUT2D eigenvalue weighted by atomic mass is 10.1. The molecule has 0 aliphatic carbocycles. The summed E-state index contributed by atoms with van der Waals surface area (Å²) in [5.41, 5.74) is 0.980. The Hall–Kier alpha value is -2.01. The second kappa shape index (κ2) is 13.3. The van der Waals surface area contributed by atoms with Gasteiger partial charge in [0.1, 0.15) is 5.82 Å². The van der Waals surface area contributed by atoms with Crippen LogP contribution in [0.1, 0.15) is 12.0 Å². The van der Waals surface area contributed by atoms with E-state index in [-0.39, 0.29) is 29.8 Å². The molecule has 164 valence electrons. The third-order valence-corrected chi connectivity index (χ3v) is 4.97. The number of piperazine rings is 1. The molecule has 30 heavy (non-hydrogen) atoms. The monoisotopic (exact) mass is 527 g/mol. The van der Waals surface area contributed by atoms with Crippen LogP contribution in [0.2, 0.25) is 0 Å². The summed E-state index contributed by atoms with van der Waals surface area (Å²) in [5.74, 6) is 1.41. The third-order valence-electron chi connectivity index (χ3n) is 4.97. The quantitative estimate of drug-likeness (QED) is 0.238. The van der Waals surface area contributed by atoms with Crippen molar-refractivity contribution in [1.29, 1.82) is 0 Å². The predicted molar refractivity (Wildman–Crippen MR) is 130 cm³/mol. The van der Waals surface area contributed by atoms with Gasteiger partial charge in [-0.25, -0.2) is 14.4 Å². The number of guanidine groups is 1. The highest BCUT2D eigenvalue weighted by Crippen LogP contribution is 2.09. The standard InChI is InChI=1S/C21H30FN7.HI/c1-23-20(25-11-7-18-5-2-6-19(22)17-18)24-10-4-12-28-13-15-29(16-14-28)21-26-8-3-9-27-21;/h2-3,5-6,8-9,17H,4,7,10-16H2,1H3,(H2,23,24,25);1H. The van der Waals surface area contributed by atoms with E-state index in [0.717, 1.165) is 69.6 Å². The smallest absolute Gasteiger partial charge is 0.225 e. The van der Waals surface area contributed by atoms with Crippen LogP contribution in [0.4, 0.5) is 10.3 Å². The highest BCUT2D eigenvalue weighted by molar-refractivity contribution is 14.0. The Labute approximate surface area is 195 Å². The van der Waals surface area contributed by atoms with Crippen molar-refractivity contribution in [1.82, 2.24) is 25.5 Å². The maximum Gasteiger partial charge on any atom is 0.225 e. The van der Waals surface area contributed by atoms with Gasteiger partial charge in [0.05, 0.1) is 0 Å². The Kier molecular flexibility index (Phi) is 10.8. The highest BCUT2D eigenvalue weighted by atomic mass is 127. The number of halogens is 2.